The summed E-state index contributed by atoms with van der Waals surface area (Å²) in [4.78, 5) is 15.8. The summed E-state index contributed by atoms with van der Waals surface area (Å²) in [6.07, 6.45) is 1.06. The second-order valence-electron chi connectivity index (χ2n) is 4.93. The Morgan fingerprint density at radius 3 is 2.75 bits per heavy atom. The third-order valence-corrected chi connectivity index (χ3v) is 3.09. The summed E-state index contributed by atoms with van der Waals surface area (Å²) in [5.41, 5.74) is 0.875. The van der Waals surface area contributed by atoms with Gasteiger partial charge in [0.2, 0.25) is 5.76 Å². The number of carbonyl (C=O) groups is 1. The molecule has 1 unspecified atom stereocenters. The molecular weight excluding hydrogens is 206 g/mol. The standard InChI is InChI=1S/C12H17NO3/c1-5-15-11(14)9-7(2)13-10(16-9)8-6-12(8,3)4/h8H,5-6H2,1-4H3. The van der Waals surface area contributed by atoms with Crippen LogP contribution >= 0.6 is 0 Å². The Kier molecular flexibility index (Phi) is 2.52. The van der Waals surface area contributed by atoms with Crippen LogP contribution in [0.2, 0.25) is 0 Å². The Balaban J connectivity index is 2.20. The van der Waals surface area contributed by atoms with Gasteiger partial charge in [-0.3, -0.25) is 0 Å². The average molecular weight is 223 g/mol. The third-order valence-electron chi connectivity index (χ3n) is 3.09. The quantitative estimate of drug-likeness (QED) is 0.739. The highest BCUT2D eigenvalue weighted by atomic mass is 16.5. The van der Waals surface area contributed by atoms with Gasteiger partial charge < -0.3 is 9.15 Å². The Bertz CT molecular complexity index is 420. The number of oxazole rings is 1. The highest BCUT2D eigenvalue weighted by Gasteiger charge is 2.50. The molecule has 1 atom stereocenters. The number of rotatable bonds is 3. The van der Waals surface area contributed by atoms with Crippen molar-refractivity contribution in [1.29, 1.82) is 0 Å². The van der Waals surface area contributed by atoms with Crippen molar-refractivity contribution >= 4 is 5.97 Å². The van der Waals surface area contributed by atoms with Crippen LogP contribution in [0.25, 0.3) is 0 Å². The van der Waals surface area contributed by atoms with Gasteiger partial charge in [-0.25, -0.2) is 9.78 Å². The van der Waals surface area contributed by atoms with E-state index in [9.17, 15) is 4.79 Å². The van der Waals surface area contributed by atoms with E-state index >= 15 is 0 Å². The molecule has 16 heavy (non-hydrogen) atoms. The fraction of sp³-hybridized carbons (Fsp3) is 0.667. The van der Waals surface area contributed by atoms with Gasteiger partial charge in [-0.1, -0.05) is 13.8 Å². The van der Waals surface area contributed by atoms with Crippen LogP contribution in [0.5, 0.6) is 0 Å². The van der Waals surface area contributed by atoms with Gasteiger partial charge in [0.1, 0.15) is 0 Å². The largest absolute Gasteiger partial charge is 0.460 e. The first-order valence-electron chi connectivity index (χ1n) is 5.60. The van der Waals surface area contributed by atoms with Gasteiger partial charge in [-0.2, -0.15) is 0 Å². The predicted octanol–water partition coefficient (Wildman–Crippen LogP) is 2.67. The molecule has 4 nitrogen and oxygen atoms in total. The van der Waals surface area contributed by atoms with Crippen molar-refractivity contribution in [2.45, 2.75) is 40.0 Å². The van der Waals surface area contributed by atoms with E-state index in [0.717, 1.165) is 6.42 Å². The first kappa shape index (κ1) is 11.2. The fourth-order valence-corrected chi connectivity index (χ4v) is 1.84. The molecule has 88 valence electrons. The highest BCUT2D eigenvalue weighted by molar-refractivity contribution is 5.87. The SMILES string of the molecule is CCOC(=O)c1oc(C2CC2(C)C)nc1C. The van der Waals surface area contributed by atoms with E-state index < -0.39 is 5.97 Å². The maximum absolute atomic E-state index is 11.5. The monoisotopic (exact) mass is 223 g/mol. The van der Waals surface area contributed by atoms with E-state index in [1.54, 1.807) is 13.8 Å². The summed E-state index contributed by atoms with van der Waals surface area (Å²) in [7, 11) is 0. The number of esters is 1. The van der Waals surface area contributed by atoms with Crippen molar-refractivity contribution in [3.05, 3.63) is 17.3 Å². The summed E-state index contributed by atoms with van der Waals surface area (Å²) in [5.74, 6) is 0.844. The van der Waals surface area contributed by atoms with Crippen molar-refractivity contribution in [3.8, 4) is 0 Å². The van der Waals surface area contributed by atoms with Crippen LogP contribution in [-0.4, -0.2) is 17.6 Å². The van der Waals surface area contributed by atoms with Crippen LogP contribution in [0.3, 0.4) is 0 Å². The van der Waals surface area contributed by atoms with Crippen molar-refractivity contribution in [2.75, 3.05) is 6.61 Å². The van der Waals surface area contributed by atoms with Crippen molar-refractivity contribution < 1.29 is 13.9 Å². The molecule has 0 radical (unpaired) electrons. The molecule has 2 rings (SSSR count). The zero-order valence-corrected chi connectivity index (χ0v) is 10.2. The molecule has 1 heterocycles. The molecule has 0 amide bonds. The minimum atomic E-state index is -0.419. The molecule has 1 fully saturated rings. The summed E-state index contributed by atoms with van der Waals surface area (Å²) >= 11 is 0. The lowest BCUT2D eigenvalue weighted by atomic mass is 10.1. The van der Waals surface area contributed by atoms with Crippen LogP contribution in [-0.2, 0) is 4.74 Å². The lowest BCUT2D eigenvalue weighted by Crippen LogP contribution is -2.04. The van der Waals surface area contributed by atoms with Crippen LogP contribution in [0, 0.1) is 12.3 Å². The Morgan fingerprint density at radius 1 is 1.62 bits per heavy atom. The van der Waals surface area contributed by atoms with E-state index in [-0.39, 0.29) is 11.2 Å². The normalized spacial score (nSPS) is 21.9. The molecular formula is C12H17NO3. The Morgan fingerprint density at radius 2 is 2.25 bits per heavy atom. The van der Waals surface area contributed by atoms with E-state index in [2.05, 4.69) is 18.8 Å². The smallest absolute Gasteiger partial charge is 0.376 e. The number of hydrogen-bond donors (Lipinski definition) is 0. The summed E-state index contributed by atoms with van der Waals surface area (Å²) in [6, 6.07) is 0. The van der Waals surface area contributed by atoms with Gasteiger partial charge in [-0.15, -0.1) is 0 Å². The van der Waals surface area contributed by atoms with Crippen LogP contribution in [0.1, 0.15) is 55.2 Å². The van der Waals surface area contributed by atoms with Gasteiger partial charge >= 0.3 is 5.97 Å². The predicted molar refractivity (Wildman–Crippen MR) is 58.3 cm³/mol. The lowest BCUT2D eigenvalue weighted by Gasteiger charge is -1.98. The van der Waals surface area contributed by atoms with Gasteiger partial charge in [-0.05, 0) is 25.7 Å². The molecule has 0 aliphatic heterocycles. The number of ether oxygens (including phenoxy) is 1. The summed E-state index contributed by atoms with van der Waals surface area (Å²) < 4.78 is 10.4. The molecule has 0 saturated heterocycles. The van der Waals surface area contributed by atoms with E-state index in [0.29, 0.717) is 24.1 Å². The average Bonchev–Trinajstić information content (AvgIpc) is 2.67. The van der Waals surface area contributed by atoms with Crippen LogP contribution in [0.15, 0.2) is 4.42 Å². The maximum Gasteiger partial charge on any atom is 0.376 e. The van der Waals surface area contributed by atoms with Crippen molar-refractivity contribution in [1.82, 2.24) is 4.98 Å². The number of hydrogen-bond acceptors (Lipinski definition) is 4. The molecule has 4 heteroatoms. The fourth-order valence-electron chi connectivity index (χ4n) is 1.84. The lowest BCUT2D eigenvalue weighted by molar-refractivity contribution is 0.0486. The highest BCUT2D eigenvalue weighted by Crippen LogP contribution is 2.58. The second kappa shape index (κ2) is 3.61. The van der Waals surface area contributed by atoms with Crippen molar-refractivity contribution in [3.63, 3.8) is 0 Å². The number of nitrogens with zero attached hydrogens (tertiary/aromatic N) is 1. The van der Waals surface area contributed by atoms with Gasteiger partial charge in [0, 0.05) is 5.92 Å². The number of aromatic nitrogens is 1. The third kappa shape index (κ3) is 1.84. The second-order valence-corrected chi connectivity index (χ2v) is 4.93. The molecule has 1 saturated carbocycles. The van der Waals surface area contributed by atoms with E-state index in [1.807, 2.05) is 0 Å². The first-order chi connectivity index (χ1) is 7.45. The molecule has 1 aliphatic carbocycles. The Hall–Kier alpha value is -1.32. The number of carbonyl (C=O) groups excluding carboxylic acids is 1. The topological polar surface area (TPSA) is 52.3 Å². The van der Waals surface area contributed by atoms with Crippen LogP contribution in [0.4, 0.5) is 0 Å². The van der Waals surface area contributed by atoms with Crippen molar-refractivity contribution in [2.24, 2.45) is 5.41 Å². The Labute approximate surface area is 95.0 Å². The molecule has 0 spiro atoms. The minimum Gasteiger partial charge on any atom is -0.460 e. The molecule has 1 aromatic rings. The number of aryl methyl sites for hydroxylation is 1. The zero-order valence-electron chi connectivity index (χ0n) is 10.2. The van der Waals surface area contributed by atoms with Gasteiger partial charge in [0.05, 0.1) is 12.3 Å². The molecule has 0 N–H and O–H groups in total. The molecule has 1 aromatic heterocycles. The molecule has 1 aliphatic rings. The zero-order chi connectivity index (χ0) is 11.9. The summed E-state index contributed by atoms with van der Waals surface area (Å²) in [6.45, 7) is 8.23. The summed E-state index contributed by atoms with van der Waals surface area (Å²) in [5, 5.41) is 0. The molecule has 0 bridgehead atoms. The van der Waals surface area contributed by atoms with Gasteiger partial charge in [0.25, 0.3) is 0 Å². The van der Waals surface area contributed by atoms with E-state index in [1.165, 1.54) is 0 Å². The molecule has 0 aromatic carbocycles. The van der Waals surface area contributed by atoms with Gasteiger partial charge in [0.15, 0.2) is 5.89 Å². The maximum atomic E-state index is 11.5. The minimum absolute atomic E-state index is 0.250. The van der Waals surface area contributed by atoms with E-state index in [4.69, 9.17) is 9.15 Å². The van der Waals surface area contributed by atoms with Crippen LogP contribution < -0.4 is 0 Å². The first-order valence-corrected chi connectivity index (χ1v) is 5.60.